The molecule has 0 fully saturated rings. The number of hydrogen-bond acceptors (Lipinski definition) is 4. The van der Waals surface area contributed by atoms with Crippen LogP contribution in [0.4, 0.5) is 0 Å². The smallest absolute Gasteiger partial charge is 0.251 e. The van der Waals surface area contributed by atoms with E-state index in [1.807, 2.05) is 38.1 Å². The highest BCUT2D eigenvalue weighted by Gasteiger charge is 2.22. The average molecular weight is 385 g/mol. The number of nitrogens with one attached hydrogen (secondary N) is 2. The number of para-hydroxylation sites is 2. The minimum Gasteiger partial charge on any atom is -0.342 e. The van der Waals surface area contributed by atoms with Crippen LogP contribution >= 0.6 is 0 Å². The van der Waals surface area contributed by atoms with Crippen molar-refractivity contribution in [2.45, 2.75) is 25.6 Å². The van der Waals surface area contributed by atoms with Gasteiger partial charge in [-0.05, 0) is 35.7 Å². The van der Waals surface area contributed by atoms with Crippen LogP contribution in [-0.2, 0) is 15.6 Å². The van der Waals surface area contributed by atoms with Gasteiger partial charge in [0.2, 0.25) is 0 Å². The number of aromatic amines is 1. The van der Waals surface area contributed by atoms with Crippen molar-refractivity contribution in [3.05, 3.63) is 65.5 Å². The molecule has 0 saturated carbocycles. The summed E-state index contributed by atoms with van der Waals surface area (Å²) >= 11 is 0. The third-order valence-corrected chi connectivity index (χ3v) is 5.16. The Morgan fingerprint density at radius 1 is 1.11 bits per heavy atom. The highest BCUT2D eigenvalue weighted by molar-refractivity contribution is 7.89. The van der Waals surface area contributed by atoms with Crippen molar-refractivity contribution in [3.63, 3.8) is 0 Å². The molecule has 0 aliphatic rings. The van der Waals surface area contributed by atoms with Crippen LogP contribution in [0.15, 0.2) is 48.5 Å². The summed E-state index contributed by atoms with van der Waals surface area (Å²) in [6.45, 7) is 4.04. The zero-order valence-corrected chi connectivity index (χ0v) is 16.4. The van der Waals surface area contributed by atoms with Gasteiger partial charge in [0.15, 0.2) is 9.84 Å². The van der Waals surface area contributed by atoms with Gasteiger partial charge in [-0.15, -0.1) is 0 Å². The Labute approximate surface area is 158 Å². The number of rotatable bonds is 6. The maximum absolute atomic E-state index is 12.7. The maximum atomic E-state index is 12.7. The van der Waals surface area contributed by atoms with Gasteiger partial charge >= 0.3 is 0 Å². The molecule has 1 amide bonds. The lowest BCUT2D eigenvalue weighted by Gasteiger charge is -2.20. The predicted octanol–water partition coefficient (Wildman–Crippen LogP) is 3.23. The molecule has 0 saturated heterocycles. The van der Waals surface area contributed by atoms with Gasteiger partial charge in [-0.25, -0.2) is 13.4 Å². The van der Waals surface area contributed by atoms with Gasteiger partial charge in [0.25, 0.3) is 5.91 Å². The van der Waals surface area contributed by atoms with Crippen LogP contribution in [0.3, 0.4) is 0 Å². The van der Waals surface area contributed by atoms with Gasteiger partial charge in [0, 0.05) is 11.8 Å². The van der Waals surface area contributed by atoms with E-state index in [4.69, 9.17) is 0 Å². The number of amides is 1. The second-order valence-corrected chi connectivity index (χ2v) is 9.24. The molecule has 1 atom stereocenters. The van der Waals surface area contributed by atoms with E-state index >= 15 is 0 Å². The molecule has 2 aromatic carbocycles. The van der Waals surface area contributed by atoms with E-state index in [0.29, 0.717) is 17.0 Å². The van der Waals surface area contributed by atoms with E-state index in [2.05, 4.69) is 15.3 Å². The lowest BCUT2D eigenvalue weighted by Crippen LogP contribution is -2.32. The minimum absolute atomic E-state index is 0.0392. The minimum atomic E-state index is -3.10. The number of carbonyl (C=O) groups excluding carboxylic acids is 1. The Balaban J connectivity index is 1.79. The first-order chi connectivity index (χ1) is 12.7. The normalized spacial score (nSPS) is 13.0. The number of nitrogens with zero attached hydrogens (tertiary/aromatic N) is 1. The molecule has 7 heteroatoms. The molecule has 3 rings (SSSR count). The van der Waals surface area contributed by atoms with Crippen LogP contribution < -0.4 is 5.32 Å². The second kappa shape index (κ2) is 7.52. The molecule has 1 unspecified atom stereocenters. The number of benzene rings is 2. The summed E-state index contributed by atoms with van der Waals surface area (Å²) in [7, 11) is -3.10. The van der Waals surface area contributed by atoms with E-state index < -0.39 is 9.84 Å². The number of fused-ring (bicyclic) bond motifs is 1. The summed E-state index contributed by atoms with van der Waals surface area (Å²) in [5.41, 5.74) is 2.93. The summed E-state index contributed by atoms with van der Waals surface area (Å²) in [6, 6.07) is 14.1. The van der Waals surface area contributed by atoms with E-state index in [-0.39, 0.29) is 23.6 Å². The quantitative estimate of drug-likeness (QED) is 0.681. The zero-order valence-electron chi connectivity index (χ0n) is 15.6. The van der Waals surface area contributed by atoms with Gasteiger partial charge in [-0.2, -0.15) is 0 Å². The zero-order chi connectivity index (χ0) is 19.6. The van der Waals surface area contributed by atoms with Gasteiger partial charge in [-0.3, -0.25) is 4.79 Å². The van der Waals surface area contributed by atoms with Crippen molar-refractivity contribution in [2.75, 3.05) is 6.26 Å². The standard InChI is InChI=1S/C20H23N3O3S/c1-13(2)18(19-21-16-6-4-5-7-17(16)22-19)23-20(24)15-10-8-14(9-11-15)12-27(3,25)26/h4-11,13,18H,12H2,1-3H3,(H,21,22)(H,23,24). The van der Waals surface area contributed by atoms with Crippen LogP contribution in [0.1, 0.15) is 41.6 Å². The Morgan fingerprint density at radius 3 is 2.37 bits per heavy atom. The van der Waals surface area contributed by atoms with Crippen molar-refractivity contribution in [2.24, 2.45) is 5.92 Å². The van der Waals surface area contributed by atoms with E-state index in [1.165, 1.54) is 6.26 Å². The lowest BCUT2D eigenvalue weighted by molar-refractivity contribution is 0.0923. The fourth-order valence-electron chi connectivity index (χ4n) is 2.95. The molecule has 27 heavy (non-hydrogen) atoms. The molecule has 1 aromatic heterocycles. The predicted molar refractivity (Wildman–Crippen MR) is 106 cm³/mol. The number of imidazole rings is 1. The molecule has 1 heterocycles. The molecule has 0 radical (unpaired) electrons. The molecule has 2 N–H and O–H groups in total. The molecule has 3 aromatic rings. The lowest BCUT2D eigenvalue weighted by atomic mass is 10.0. The molecule has 0 spiro atoms. The first-order valence-corrected chi connectivity index (χ1v) is 10.8. The Morgan fingerprint density at radius 2 is 1.78 bits per heavy atom. The summed E-state index contributed by atoms with van der Waals surface area (Å²) in [5.74, 6) is 0.593. The third kappa shape index (κ3) is 4.74. The molecular weight excluding hydrogens is 362 g/mol. The van der Waals surface area contributed by atoms with E-state index in [0.717, 1.165) is 11.0 Å². The molecule has 0 bridgehead atoms. The summed E-state index contributed by atoms with van der Waals surface area (Å²) in [5, 5.41) is 3.03. The van der Waals surface area contributed by atoms with E-state index in [9.17, 15) is 13.2 Å². The SMILES string of the molecule is CC(C)C(NC(=O)c1ccc(CS(C)(=O)=O)cc1)c1nc2ccccc2[nH]1. The van der Waals surface area contributed by atoms with Crippen molar-refractivity contribution >= 4 is 26.8 Å². The fraction of sp³-hybridized carbons (Fsp3) is 0.300. The van der Waals surface area contributed by atoms with Crippen LogP contribution in [-0.4, -0.2) is 30.5 Å². The van der Waals surface area contributed by atoms with E-state index in [1.54, 1.807) is 24.3 Å². The van der Waals surface area contributed by atoms with Crippen LogP contribution in [0.25, 0.3) is 11.0 Å². The molecule has 6 nitrogen and oxygen atoms in total. The molecule has 142 valence electrons. The van der Waals surface area contributed by atoms with Gasteiger partial charge < -0.3 is 10.3 Å². The van der Waals surface area contributed by atoms with Crippen molar-refractivity contribution in [3.8, 4) is 0 Å². The molecule has 0 aliphatic heterocycles. The summed E-state index contributed by atoms with van der Waals surface area (Å²) in [4.78, 5) is 20.5. The molecule has 0 aliphatic carbocycles. The van der Waals surface area contributed by atoms with Crippen molar-refractivity contribution in [1.82, 2.24) is 15.3 Å². The number of aromatic nitrogens is 2. The number of hydrogen-bond donors (Lipinski definition) is 2. The van der Waals surface area contributed by atoms with Crippen LogP contribution in [0.2, 0.25) is 0 Å². The highest BCUT2D eigenvalue weighted by Crippen LogP contribution is 2.22. The van der Waals surface area contributed by atoms with Crippen LogP contribution in [0.5, 0.6) is 0 Å². The monoisotopic (exact) mass is 385 g/mol. The molecular formula is C20H23N3O3S. The van der Waals surface area contributed by atoms with Gasteiger partial charge in [0.05, 0.1) is 22.8 Å². The number of sulfone groups is 1. The van der Waals surface area contributed by atoms with Crippen molar-refractivity contribution < 1.29 is 13.2 Å². The Kier molecular flexibility index (Phi) is 5.32. The maximum Gasteiger partial charge on any atom is 0.251 e. The fourth-order valence-corrected chi connectivity index (χ4v) is 3.75. The summed E-state index contributed by atoms with van der Waals surface area (Å²) in [6.07, 6.45) is 1.19. The second-order valence-electron chi connectivity index (χ2n) is 7.10. The largest absolute Gasteiger partial charge is 0.342 e. The average Bonchev–Trinajstić information content (AvgIpc) is 3.02. The number of carbonyl (C=O) groups is 1. The van der Waals surface area contributed by atoms with Gasteiger partial charge in [0.1, 0.15) is 5.82 Å². The number of H-pyrrole nitrogens is 1. The summed E-state index contributed by atoms with van der Waals surface area (Å²) < 4.78 is 22.8. The topological polar surface area (TPSA) is 91.9 Å². The highest BCUT2D eigenvalue weighted by atomic mass is 32.2. The first kappa shape index (κ1) is 19.1. The van der Waals surface area contributed by atoms with Crippen molar-refractivity contribution in [1.29, 1.82) is 0 Å². The Bertz CT molecular complexity index is 1020. The Hall–Kier alpha value is -2.67. The first-order valence-electron chi connectivity index (χ1n) is 8.75. The van der Waals surface area contributed by atoms with Crippen LogP contribution in [0, 0.1) is 5.92 Å². The third-order valence-electron chi connectivity index (χ3n) is 4.30. The van der Waals surface area contributed by atoms with Gasteiger partial charge in [-0.1, -0.05) is 38.1 Å².